The van der Waals surface area contributed by atoms with E-state index in [-0.39, 0.29) is 12.2 Å². The van der Waals surface area contributed by atoms with Gasteiger partial charge in [-0.25, -0.2) is 0 Å². The fraction of sp³-hybridized carbons (Fsp3) is 0.400. The standard InChI is InChI=1S/C20H22O4/c1-14(15-2-6-17(7-3-15)21-10-19-12-23-19)16-4-8-18(9-5-16)22-11-20-13-24-20/h2-9,14,19-20H,10-13H2,1H3. The van der Waals surface area contributed by atoms with Crippen molar-refractivity contribution in [1.82, 2.24) is 0 Å². The van der Waals surface area contributed by atoms with E-state index in [1.165, 1.54) is 11.1 Å². The predicted molar refractivity (Wildman–Crippen MR) is 90.9 cm³/mol. The van der Waals surface area contributed by atoms with Crippen molar-refractivity contribution in [2.24, 2.45) is 0 Å². The molecule has 2 fully saturated rings. The molecule has 24 heavy (non-hydrogen) atoms. The highest BCUT2D eigenvalue weighted by Crippen LogP contribution is 2.27. The molecule has 0 spiro atoms. The van der Waals surface area contributed by atoms with Gasteiger partial charge in [-0.2, -0.15) is 0 Å². The van der Waals surface area contributed by atoms with Crippen LogP contribution in [0.5, 0.6) is 11.5 Å². The van der Waals surface area contributed by atoms with Gasteiger partial charge in [-0.05, 0) is 35.4 Å². The Bertz CT molecular complexity index is 598. The van der Waals surface area contributed by atoms with Crippen LogP contribution >= 0.6 is 0 Å². The third-order valence-electron chi connectivity index (χ3n) is 4.44. The Morgan fingerprint density at radius 2 is 1.17 bits per heavy atom. The highest BCUT2D eigenvalue weighted by atomic mass is 16.6. The maximum atomic E-state index is 5.69. The Labute approximate surface area is 142 Å². The van der Waals surface area contributed by atoms with E-state index in [4.69, 9.17) is 18.9 Å². The summed E-state index contributed by atoms with van der Waals surface area (Å²) in [5.41, 5.74) is 2.54. The van der Waals surface area contributed by atoms with Crippen molar-refractivity contribution in [3.63, 3.8) is 0 Å². The monoisotopic (exact) mass is 326 g/mol. The molecule has 4 nitrogen and oxygen atoms in total. The summed E-state index contributed by atoms with van der Waals surface area (Å²) in [4.78, 5) is 0. The first kappa shape index (κ1) is 15.5. The second-order valence-electron chi connectivity index (χ2n) is 6.39. The third-order valence-corrected chi connectivity index (χ3v) is 4.44. The van der Waals surface area contributed by atoms with Gasteiger partial charge >= 0.3 is 0 Å². The van der Waals surface area contributed by atoms with Crippen LogP contribution in [0.15, 0.2) is 48.5 Å². The van der Waals surface area contributed by atoms with Crippen molar-refractivity contribution in [3.05, 3.63) is 59.7 Å². The normalized spacial score (nSPS) is 22.7. The van der Waals surface area contributed by atoms with Crippen LogP contribution in [0.4, 0.5) is 0 Å². The van der Waals surface area contributed by atoms with Crippen molar-refractivity contribution in [2.45, 2.75) is 25.0 Å². The molecule has 0 amide bonds. The molecule has 0 bridgehead atoms. The van der Waals surface area contributed by atoms with E-state index in [1.807, 2.05) is 24.3 Å². The lowest BCUT2D eigenvalue weighted by Gasteiger charge is -2.14. The summed E-state index contributed by atoms with van der Waals surface area (Å²) in [6.07, 6.45) is 0.576. The summed E-state index contributed by atoms with van der Waals surface area (Å²) in [5.74, 6) is 2.12. The van der Waals surface area contributed by atoms with Gasteiger partial charge in [-0.15, -0.1) is 0 Å². The molecule has 0 aliphatic carbocycles. The van der Waals surface area contributed by atoms with Crippen LogP contribution in [0.25, 0.3) is 0 Å². The molecular formula is C20H22O4. The van der Waals surface area contributed by atoms with Crippen LogP contribution in [-0.4, -0.2) is 38.6 Å². The number of rotatable bonds is 8. The summed E-state index contributed by atoms with van der Waals surface area (Å²) in [6, 6.07) is 16.6. The average molecular weight is 326 g/mol. The number of benzene rings is 2. The lowest BCUT2D eigenvalue weighted by molar-refractivity contribution is 0.263. The zero-order chi connectivity index (χ0) is 16.4. The molecule has 2 aromatic rings. The zero-order valence-electron chi connectivity index (χ0n) is 13.8. The van der Waals surface area contributed by atoms with Gasteiger partial charge in [0.05, 0.1) is 13.2 Å². The molecule has 0 N–H and O–H groups in total. The van der Waals surface area contributed by atoms with E-state index < -0.39 is 0 Å². The van der Waals surface area contributed by atoms with Crippen LogP contribution in [0.2, 0.25) is 0 Å². The van der Waals surface area contributed by atoms with Crippen LogP contribution in [0.3, 0.4) is 0 Å². The molecule has 4 heteroatoms. The van der Waals surface area contributed by atoms with Crippen molar-refractivity contribution in [3.8, 4) is 11.5 Å². The Balaban J connectivity index is 1.35. The van der Waals surface area contributed by atoms with Gasteiger partial charge in [0.1, 0.15) is 36.9 Å². The molecule has 2 aliphatic rings. The summed E-state index contributed by atoms with van der Waals surface area (Å²) in [6.45, 7) is 5.14. The quantitative estimate of drug-likeness (QED) is 0.698. The van der Waals surface area contributed by atoms with Crippen LogP contribution in [0.1, 0.15) is 24.0 Å². The maximum absolute atomic E-state index is 5.69. The molecule has 2 atom stereocenters. The number of hydrogen-bond acceptors (Lipinski definition) is 4. The lowest BCUT2D eigenvalue weighted by atomic mass is 9.93. The molecule has 126 valence electrons. The third kappa shape index (κ3) is 4.08. The predicted octanol–water partition coefficient (Wildman–Crippen LogP) is 3.39. The van der Waals surface area contributed by atoms with Crippen molar-refractivity contribution >= 4 is 0 Å². The van der Waals surface area contributed by atoms with Gasteiger partial charge < -0.3 is 18.9 Å². The van der Waals surface area contributed by atoms with Gasteiger partial charge in [-0.1, -0.05) is 31.2 Å². The largest absolute Gasteiger partial charge is 0.491 e. The Morgan fingerprint density at radius 3 is 1.50 bits per heavy atom. The highest BCUT2D eigenvalue weighted by molar-refractivity contribution is 5.37. The second-order valence-corrected chi connectivity index (χ2v) is 6.39. The molecule has 4 rings (SSSR count). The fourth-order valence-corrected chi connectivity index (χ4v) is 2.60. The zero-order valence-corrected chi connectivity index (χ0v) is 13.8. The highest BCUT2D eigenvalue weighted by Gasteiger charge is 2.23. The van der Waals surface area contributed by atoms with Gasteiger partial charge in [0.15, 0.2) is 0 Å². The molecule has 0 radical (unpaired) electrons. The van der Waals surface area contributed by atoms with Crippen molar-refractivity contribution in [1.29, 1.82) is 0 Å². The van der Waals surface area contributed by atoms with E-state index in [0.717, 1.165) is 24.7 Å². The van der Waals surface area contributed by atoms with E-state index in [0.29, 0.717) is 19.1 Å². The van der Waals surface area contributed by atoms with Gasteiger partial charge in [0.2, 0.25) is 0 Å². The fourth-order valence-electron chi connectivity index (χ4n) is 2.60. The maximum Gasteiger partial charge on any atom is 0.119 e. The summed E-state index contributed by atoms with van der Waals surface area (Å²) < 4.78 is 21.7. The molecular weight excluding hydrogens is 304 g/mol. The van der Waals surface area contributed by atoms with Gasteiger partial charge in [-0.3, -0.25) is 0 Å². The van der Waals surface area contributed by atoms with E-state index >= 15 is 0 Å². The van der Waals surface area contributed by atoms with Crippen LogP contribution in [-0.2, 0) is 9.47 Å². The molecule has 2 aromatic carbocycles. The average Bonchev–Trinajstić information content (AvgIpc) is 3.53. The molecule has 2 aliphatic heterocycles. The first-order chi connectivity index (χ1) is 11.8. The molecule has 2 unspecified atom stereocenters. The van der Waals surface area contributed by atoms with Gasteiger partial charge in [0.25, 0.3) is 0 Å². The van der Waals surface area contributed by atoms with E-state index in [1.54, 1.807) is 0 Å². The Hall–Kier alpha value is -2.04. The number of hydrogen-bond donors (Lipinski definition) is 0. The summed E-state index contributed by atoms with van der Waals surface area (Å²) in [5, 5.41) is 0. The molecule has 2 heterocycles. The first-order valence-electron chi connectivity index (χ1n) is 8.46. The van der Waals surface area contributed by atoms with Crippen LogP contribution in [0, 0.1) is 0 Å². The molecule has 2 saturated heterocycles. The Kier molecular flexibility index (Phi) is 4.41. The lowest BCUT2D eigenvalue weighted by Crippen LogP contribution is -2.04. The SMILES string of the molecule is CC(c1ccc(OCC2CO2)cc1)c1ccc(OCC2CO2)cc1. The van der Waals surface area contributed by atoms with Crippen LogP contribution < -0.4 is 9.47 Å². The van der Waals surface area contributed by atoms with Gasteiger partial charge in [0, 0.05) is 5.92 Å². The summed E-state index contributed by atoms with van der Waals surface area (Å²) in [7, 11) is 0. The molecule has 0 aromatic heterocycles. The minimum atomic E-state index is 0.288. The van der Waals surface area contributed by atoms with Crippen molar-refractivity contribution in [2.75, 3.05) is 26.4 Å². The summed E-state index contributed by atoms with van der Waals surface area (Å²) >= 11 is 0. The van der Waals surface area contributed by atoms with E-state index in [9.17, 15) is 0 Å². The smallest absolute Gasteiger partial charge is 0.119 e. The topological polar surface area (TPSA) is 43.5 Å². The minimum absolute atomic E-state index is 0.288. The Morgan fingerprint density at radius 1 is 0.792 bits per heavy atom. The second kappa shape index (κ2) is 6.83. The number of ether oxygens (including phenoxy) is 4. The van der Waals surface area contributed by atoms with E-state index in [2.05, 4.69) is 31.2 Å². The number of epoxide rings is 2. The minimum Gasteiger partial charge on any atom is -0.491 e. The molecule has 0 saturated carbocycles. The van der Waals surface area contributed by atoms with Crippen molar-refractivity contribution < 1.29 is 18.9 Å². The first-order valence-corrected chi connectivity index (χ1v) is 8.46.